The molecule has 0 fully saturated rings. The van der Waals surface area contributed by atoms with Crippen molar-refractivity contribution in [3.63, 3.8) is 0 Å². The molecule has 2 aromatic rings. The summed E-state index contributed by atoms with van der Waals surface area (Å²) in [6, 6.07) is 14.8. The summed E-state index contributed by atoms with van der Waals surface area (Å²) in [6.07, 6.45) is 0. The molecule has 0 saturated heterocycles. The van der Waals surface area contributed by atoms with Gasteiger partial charge in [0.15, 0.2) is 0 Å². The third-order valence-corrected chi connectivity index (χ3v) is 4.16. The van der Waals surface area contributed by atoms with Gasteiger partial charge in [-0.25, -0.2) is 0 Å². The molecular formula is C19H22ClN3O2. The molecule has 0 unspecified atom stereocenters. The van der Waals surface area contributed by atoms with Crippen LogP contribution in [0.25, 0.3) is 0 Å². The minimum absolute atomic E-state index is 0.0406. The Morgan fingerprint density at radius 3 is 2.16 bits per heavy atom. The van der Waals surface area contributed by atoms with Crippen LogP contribution in [-0.2, 0) is 16.1 Å². The third kappa shape index (κ3) is 5.22. The average molecular weight is 360 g/mol. The summed E-state index contributed by atoms with van der Waals surface area (Å²) in [4.78, 5) is 27.6. The minimum atomic E-state index is -0.244. The second kappa shape index (κ2) is 8.53. The molecule has 25 heavy (non-hydrogen) atoms. The van der Waals surface area contributed by atoms with E-state index < -0.39 is 0 Å². The molecule has 5 nitrogen and oxygen atoms in total. The molecule has 1 N–H and O–H groups in total. The zero-order chi connectivity index (χ0) is 18.4. The highest BCUT2D eigenvalue weighted by molar-refractivity contribution is 6.31. The first-order chi connectivity index (χ1) is 11.9. The number of hydrogen-bond acceptors (Lipinski definition) is 3. The second-order valence-corrected chi connectivity index (χ2v) is 6.29. The Hall–Kier alpha value is -2.53. The molecule has 0 bridgehead atoms. The van der Waals surface area contributed by atoms with E-state index >= 15 is 0 Å². The highest BCUT2D eigenvalue weighted by Crippen LogP contribution is 2.20. The number of anilines is 2. The summed E-state index contributed by atoms with van der Waals surface area (Å²) < 4.78 is 0. The van der Waals surface area contributed by atoms with Crippen LogP contribution in [0.1, 0.15) is 12.5 Å². The average Bonchev–Trinajstić information content (AvgIpc) is 2.59. The van der Waals surface area contributed by atoms with Crippen molar-refractivity contribution in [3.05, 3.63) is 59.1 Å². The van der Waals surface area contributed by atoms with Gasteiger partial charge >= 0.3 is 0 Å². The first kappa shape index (κ1) is 18.8. The van der Waals surface area contributed by atoms with Crippen LogP contribution in [0.2, 0.25) is 5.02 Å². The molecule has 132 valence electrons. The van der Waals surface area contributed by atoms with Gasteiger partial charge in [0.2, 0.25) is 11.8 Å². The van der Waals surface area contributed by atoms with E-state index in [-0.39, 0.29) is 18.4 Å². The fraction of sp³-hybridized carbons (Fsp3) is 0.263. The lowest BCUT2D eigenvalue weighted by Crippen LogP contribution is -2.39. The van der Waals surface area contributed by atoms with Crippen LogP contribution < -0.4 is 15.1 Å². The molecule has 2 aromatic carbocycles. The summed E-state index contributed by atoms with van der Waals surface area (Å²) >= 11 is 6.08. The first-order valence-corrected chi connectivity index (χ1v) is 8.32. The molecule has 2 rings (SSSR count). The van der Waals surface area contributed by atoms with Gasteiger partial charge in [0, 0.05) is 44.0 Å². The van der Waals surface area contributed by atoms with Crippen molar-refractivity contribution in [2.24, 2.45) is 0 Å². The van der Waals surface area contributed by atoms with Crippen molar-refractivity contribution in [3.8, 4) is 0 Å². The Morgan fingerprint density at radius 2 is 1.60 bits per heavy atom. The third-order valence-electron chi connectivity index (χ3n) is 3.79. The highest BCUT2D eigenvalue weighted by atomic mass is 35.5. The van der Waals surface area contributed by atoms with Gasteiger partial charge in [-0.15, -0.1) is 0 Å². The van der Waals surface area contributed by atoms with Crippen LogP contribution in [-0.4, -0.2) is 32.5 Å². The number of amides is 2. The van der Waals surface area contributed by atoms with E-state index in [1.807, 2.05) is 61.5 Å². The van der Waals surface area contributed by atoms with E-state index in [2.05, 4.69) is 5.32 Å². The van der Waals surface area contributed by atoms with Gasteiger partial charge in [-0.3, -0.25) is 9.59 Å². The van der Waals surface area contributed by atoms with Crippen molar-refractivity contribution >= 4 is 34.8 Å². The zero-order valence-electron chi connectivity index (χ0n) is 14.6. The van der Waals surface area contributed by atoms with Gasteiger partial charge in [-0.1, -0.05) is 29.8 Å². The van der Waals surface area contributed by atoms with Gasteiger partial charge in [0.05, 0.1) is 0 Å². The van der Waals surface area contributed by atoms with Crippen molar-refractivity contribution in [2.75, 3.05) is 30.4 Å². The van der Waals surface area contributed by atoms with Crippen molar-refractivity contribution in [1.29, 1.82) is 0 Å². The summed E-state index contributed by atoms with van der Waals surface area (Å²) in [5.74, 6) is -0.433. The van der Waals surface area contributed by atoms with Crippen molar-refractivity contribution in [2.45, 2.75) is 13.5 Å². The molecule has 0 radical (unpaired) electrons. The quantitative estimate of drug-likeness (QED) is 0.862. The number of rotatable bonds is 6. The van der Waals surface area contributed by atoms with E-state index in [0.29, 0.717) is 17.3 Å². The fourth-order valence-electron chi connectivity index (χ4n) is 2.35. The summed E-state index contributed by atoms with van der Waals surface area (Å²) in [5, 5.41) is 3.40. The topological polar surface area (TPSA) is 52.7 Å². The molecule has 6 heteroatoms. The molecule has 0 spiro atoms. The van der Waals surface area contributed by atoms with Gasteiger partial charge in [0.1, 0.15) is 6.54 Å². The number of nitrogens with one attached hydrogen (secondary N) is 1. The lowest BCUT2D eigenvalue weighted by Gasteiger charge is -2.22. The molecule has 0 aliphatic carbocycles. The summed E-state index contributed by atoms with van der Waals surface area (Å²) in [5.41, 5.74) is 2.55. The zero-order valence-corrected chi connectivity index (χ0v) is 15.4. The predicted octanol–water partition coefficient (Wildman–Crippen LogP) is 3.08. The van der Waals surface area contributed by atoms with E-state index in [4.69, 9.17) is 11.6 Å². The van der Waals surface area contributed by atoms with Crippen LogP contribution in [0.3, 0.4) is 0 Å². The van der Waals surface area contributed by atoms with E-state index in [1.165, 1.54) is 11.8 Å². The maximum Gasteiger partial charge on any atom is 0.240 e. The van der Waals surface area contributed by atoms with E-state index in [0.717, 1.165) is 11.3 Å². The van der Waals surface area contributed by atoms with Crippen LogP contribution in [0.5, 0.6) is 0 Å². The number of hydrogen-bond donors (Lipinski definition) is 1. The molecule has 0 heterocycles. The highest BCUT2D eigenvalue weighted by Gasteiger charge is 2.16. The smallest absolute Gasteiger partial charge is 0.240 e. The van der Waals surface area contributed by atoms with Gasteiger partial charge in [-0.2, -0.15) is 0 Å². The summed E-state index contributed by atoms with van der Waals surface area (Å²) in [7, 11) is 3.89. The standard InChI is InChI=1S/C19H22ClN3O2/c1-14(24)23(17-10-8-16(9-11-17)22(2)3)13-19(25)21-12-15-6-4-5-7-18(15)20/h4-11H,12-13H2,1-3H3,(H,21,25). The maximum atomic E-state index is 12.2. The predicted molar refractivity (Wildman–Crippen MR) is 102 cm³/mol. The number of carbonyl (C=O) groups excluding carboxylic acids is 2. The normalized spacial score (nSPS) is 10.2. The number of nitrogens with zero attached hydrogens (tertiary/aromatic N) is 2. The van der Waals surface area contributed by atoms with Gasteiger partial charge < -0.3 is 15.1 Å². The second-order valence-electron chi connectivity index (χ2n) is 5.88. The molecule has 0 atom stereocenters. The van der Waals surface area contributed by atoms with E-state index in [1.54, 1.807) is 6.07 Å². The molecule has 0 saturated carbocycles. The number of carbonyl (C=O) groups is 2. The molecule has 0 aliphatic rings. The Morgan fingerprint density at radius 1 is 1.00 bits per heavy atom. The van der Waals surface area contributed by atoms with Crippen LogP contribution in [0.15, 0.2) is 48.5 Å². The molecule has 0 aliphatic heterocycles. The van der Waals surface area contributed by atoms with Gasteiger partial charge in [-0.05, 0) is 35.9 Å². The lowest BCUT2D eigenvalue weighted by atomic mass is 10.2. The Kier molecular flexibility index (Phi) is 6.42. The Balaban J connectivity index is 2.02. The van der Waals surface area contributed by atoms with Gasteiger partial charge in [0.25, 0.3) is 0 Å². The molecular weight excluding hydrogens is 338 g/mol. The summed E-state index contributed by atoms with van der Waals surface area (Å²) in [6.45, 7) is 1.73. The molecule has 2 amide bonds. The SMILES string of the molecule is CC(=O)N(CC(=O)NCc1ccccc1Cl)c1ccc(N(C)C)cc1. The van der Waals surface area contributed by atoms with Crippen molar-refractivity contribution in [1.82, 2.24) is 5.32 Å². The lowest BCUT2D eigenvalue weighted by molar-refractivity contribution is -0.123. The first-order valence-electron chi connectivity index (χ1n) is 7.94. The minimum Gasteiger partial charge on any atom is -0.378 e. The largest absolute Gasteiger partial charge is 0.378 e. The van der Waals surface area contributed by atoms with Crippen LogP contribution >= 0.6 is 11.6 Å². The number of halogens is 1. The van der Waals surface area contributed by atoms with Crippen molar-refractivity contribution < 1.29 is 9.59 Å². The Bertz CT molecular complexity index is 745. The van der Waals surface area contributed by atoms with E-state index in [9.17, 15) is 9.59 Å². The number of benzene rings is 2. The molecule has 0 aromatic heterocycles. The van der Waals surface area contributed by atoms with Crippen LogP contribution in [0.4, 0.5) is 11.4 Å². The fourth-order valence-corrected chi connectivity index (χ4v) is 2.55. The Labute approximate surface area is 153 Å². The van der Waals surface area contributed by atoms with Crippen LogP contribution in [0, 0.1) is 0 Å². The maximum absolute atomic E-state index is 12.2. The monoisotopic (exact) mass is 359 g/mol.